The van der Waals surface area contributed by atoms with E-state index in [-0.39, 0.29) is 5.91 Å². The molecule has 29 heavy (non-hydrogen) atoms. The number of methoxy groups -OCH3 is 2. The Morgan fingerprint density at radius 2 is 1.52 bits per heavy atom. The van der Waals surface area contributed by atoms with E-state index in [0.717, 1.165) is 28.3 Å². The summed E-state index contributed by atoms with van der Waals surface area (Å²) in [4.78, 5) is 17.3. The van der Waals surface area contributed by atoms with Gasteiger partial charge in [0.2, 0.25) is 0 Å². The Hall–Kier alpha value is -3.80. The Morgan fingerprint density at radius 3 is 2.14 bits per heavy atom. The van der Waals surface area contributed by atoms with Crippen molar-refractivity contribution in [1.82, 2.24) is 9.38 Å². The third-order valence-corrected chi connectivity index (χ3v) is 4.83. The number of hydrogen-bond acceptors (Lipinski definition) is 4. The Labute approximate surface area is 168 Å². The number of nitrogens with zero attached hydrogens (tertiary/aromatic N) is 2. The monoisotopic (exact) mass is 387 g/mol. The maximum absolute atomic E-state index is 12.5. The molecular weight excluding hydrogens is 366 g/mol. The number of aromatic nitrogens is 2. The second kappa shape index (κ2) is 7.67. The first-order valence-electron chi connectivity index (χ1n) is 9.17. The number of hydrogen-bond donors (Lipinski definition) is 1. The lowest BCUT2D eigenvalue weighted by Gasteiger charge is -2.07. The van der Waals surface area contributed by atoms with Gasteiger partial charge in [-0.15, -0.1) is 0 Å². The van der Waals surface area contributed by atoms with Gasteiger partial charge in [-0.1, -0.05) is 0 Å². The zero-order valence-corrected chi connectivity index (χ0v) is 16.5. The van der Waals surface area contributed by atoms with Crippen LogP contribution in [0.4, 0.5) is 5.69 Å². The molecule has 0 radical (unpaired) electrons. The van der Waals surface area contributed by atoms with Gasteiger partial charge in [0.05, 0.1) is 25.6 Å². The minimum absolute atomic E-state index is 0.180. The van der Waals surface area contributed by atoms with Crippen molar-refractivity contribution < 1.29 is 14.3 Å². The molecule has 2 aromatic heterocycles. The van der Waals surface area contributed by atoms with Gasteiger partial charge >= 0.3 is 0 Å². The molecule has 146 valence electrons. The summed E-state index contributed by atoms with van der Waals surface area (Å²) in [5.41, 5.74) is 4.97. The molecule has 1 N–H and O–H groups in total. The molecule has 6 heteroatoms. The molecule has 0 unspecified atom stereocenters. The molecule has 1 amide bonds. The highest BCUT2D eigenvalue weighted by Gasteiger charge is 2.12. The van der Waals surface area contributed by atoms with E-state index < -0.39 is 0 Å². The fourth-order valence-electron chi connectivity index (χ4n) is 3.20. The Morgan fingerprint density at radius 1 is 0.897 bits per heavy atom. The average Bonchev–Trinajstić information content (AvgIpc) is 3.10. The molecule has 2 heterocycles. The fraction of sp³-hybridized carbons (Fsp3) is 0.130. The van der Waals surface area contributed by atoms with Gasteiger partial charge in [0.1, 0.15) is 17.1 Å². The van der Waals surface area contributed by atoms with Gasteiger partial charge in [-0.2, -0.15) is 0 Å². The summed E-state index contributed by atoms with van der Waals surface area (Å²) >= 11 is 0. The average molecular weight is 387 g/mol. The van der Waals surface area contributed by atoms with Crippen molar-refractivity contribution in [1.29, 1.82) is 0 Å². The van der Waals surface area contributed by atoms with Crippen LogP contribution in [0, 0.1) is 6.92 Å². The maximum Gasteiger partial charge on any atom is 0.255 e. The van der Waals surface area contributed by atoms with Gasteiger partial charge in [-0.3, -0.25) is 4.79 Å². The lowest BCUT2D eigenvalue weighted by molar-refractivity contribution is 0.102. The number of carbonyl (C=O) groups is 1. The van der Waals surface area contributed by atoms with Gasteiger partial charge in [-0.25, -0.2) is 4.98 Å². The van der Waals surface area contributed by atoms with Crippen molar-refractivity contribution in [2.45, 2.75) is 6.92 Å². The third-order valence-electron chi connectivity index (χ3n) is 4.83. The SMILES string of the molecule is COc1ccc(C(=O)Nc2ccc3nc(-c4ccc(OC)cc4)c(C)n3c2)cc1. The summed E-state index contributed by atoms with van der Waals surface area (Å²) in [6.45, 7) is 2.01. The van der Waals surface area contributed by atoms with Crippen LogP contribution in [0.5, 0.6) is 11.5 Å². The van der Waals surface area contributed by atoms with E-state index >= 15 is 0 Å². The molecule has 0 atom stereocenters. The molecule has 0 spiro atoms. The number of aryl methyl sites for hydroxylation is 1. The maximum atomic E-state index is 12.5. The molecule has 0 fully saturated rings. The third kappa shape index (κ3) is 3.65. The Balaban J connectivity index is 1.61. The van der Waals surface area contributed by atoms with Crippen molar-refractivity contribution in [2.75, 3.05) is 19.5 Å². The first-order valence-corrected chi connectivity index (χ1v) is 9.17. The number of rotatable bonds is 5. The number of fused-ring (bicyclic) bond motifs is 1. The molecule has 4 aromatic rings. The summed E-state index contributed by atoms with van der Waals surface area (Å²) in [6, 6.07) is 18.5. The van der Waals surface area contributed by atoms with Gasteiger partial charge in [-0.05, 0) is 67.6 Å². The van der Waals surface area contributed by atoms with Crippen molar-refractivity contribution in [3.05, 3.63) is 78.1 Å². The van der Waals surface area contributed by atoms with Gasteiger partial charge in [0, 0.05) is 23.0 Å². The van der Waals surface area contributed by atoms with E-state index in [9.17, 15) is 4.79 Å². The lowest BCUT2D eigenvalue weighted by atomic mass is 10.1. The minimum atomic E-state index is -0.180. The number of nitrogens with one attached hydrogen (secondary N) is 1. The summed E-state index contributed by atoms with van der Waals surface area (Å²) in [6.07, 6.45) is 1.88. The molecule has 0 saturated carbocycles. The van der Waals surface area contributed by atoms with Crippen molar-refractivity contribution in [3.63, 3.8) is 0 Å². The van der Waals surface area contributed by atoms with Gasteiger partial charge in [0.15, 0.2) is 0 Å². The number of benzene rings is 2. The van der Waals surface area contributed by atoms with E-state index in [4.69, 9.17) is 14.5 Å². The number of amides is 1. The molecule has 0 aliphatic carbocycles. The van der Waals surface area contributed by atoms with Crippen LogP contribution >= 0.6 is 0 Å². The van der Waals surface area contributed by atoms with E-state index in [0.29, 0.717) is 17.0 Å². The highest BCUT2D eigenvalue weighted by atomic mass is 16.5. The quantitative estimate of drug-likeness (QED) is 0.544. The van der Waals surface area contributed by atoms with Crippen LogP contribution in [-0.4, -0.2) is 29.5 Å². The molecule has 0 saturated heterocycles. The van der Waals surface area contributed by atoms with Crippen LogP contribution in [-0.2, 0) is 0 Å². The van der Waals surface area contributed by atoms with Crippen LogP contribution < -0.4 is 14.8 Å². The number of carbonyl (C=O) groups excluding carboxylic acids is 1. The molecule has 0 aliphatic heterocycles. The van der Waals surface area contributed by atoms with Crippen LogP contribution in [0.1, 0.15) is 16.1 Å². The molecule has 4 rings (SSSR count). The van der Waals surface area contributed by atoms with E-state index in [1.807, 2.05) is 53.9 Å². The molecule has 0 bridgehead atoms. The molecule has 6 nitrogen and oxygen atoms in total. The van der Waals surface area contributed by atoms with E-state index in [1.165, 1.54) is 0 Å². The van der Waals surface area contributed by atoms with Crippen molar-refractivity contribution in [3.8, 4) is 22.8 Å². The predicted octanol–water partition coefficient (Wildman–Crippen LogP) is 4.58. The smallest absolute Gasteiger partial charge is 0.255 e. The highest BCUT2D eigenvalue weighted by Crippen LogP contribution is 2.27. The van der Waals surface area contributed by atoms with Crippen LogP contribution in [0.25, 0.3) is 16.9 Å². The second-order valence-corrected chi connectivity index (χ2v) is 6.60. The van der Waals surface area contributed by atoms with Crippen molar-refractivity contribution >= 4 is 17.2 Å². The first kappa shape index (κ1) is 18.6. The van der Waals surface area contributed by atoms with Gasteiger partial charge in [0.25, 0.3) is 5.91 Å². The van der Waals surface area contributed by atoms with Gasteiger partial charge < -0.3 is 19.2 Å². The number of ether oxygens (including phenoxy) is 2. The molecule has 2 aromatic carbocycles. The Kier molecular flexibility index (Phi) is 4.91. The minimum Gasteiger partial charge on any atom is -0.497 e. The molecule has 0 aliphatic rings. The topological polar surface area (TPSA) is 64.9 Å². The summed E-state index contributed by atoms with van der Waals surface area (Å²) in [7, 11) is 3.24. The van der Waals surface area contributed by atoms with E-state index in [2.05, 4.69) is 5.32 Å². The van der Waals surface area contributed by atoms with Crippen LogP contribution in [0.2, 0.25) is 0 Å². The number of pyridine rings is 1. The normalized spacial score (nSPS) is 10.7. The standard InChI is InChI=1S/C23H21N3O3/c1-15-22(16-4-9-19(28-2)10-5-16)25-21-13-8-18(14-26(15)21)24-23(27)17-6-11-20(29-3)12-7-17/h4-14H,1-3H3,(H,24,27). The van der Waals surface area contributed by atoms with Crippen LogP contribution in [0.3, 0.4) is 0 Å². The molecular formula is C23H21N3O3. The second-order valence-electron chi connectivity index (χ2n) is 6.60. The zero-order valence-electron chi connectivity index (χ0n) is 16.5. The fourth-order valence-corrected chi connectivity index (χ4v) is 3.20. The van der Waals surface area contributed by atoms with E-state index in [1.54, 1.807) is 38.5 Å². The first-order chi connectivity index (χ1) is 14.1. The summed E-state index contributed by atoms with van der Waals surface area (Å²) in [5, 5.41) is 2.93. The zero-order chi connectivity index (χ0) is 20.4. The van der Waals surface area contributed by atoms with Crippen molar-refractivity contribution in [2.24, 2.45) is 0 Å². The number of imidazole rings is 1. The number of anilines is 1. The largest absolute Gasteiger partial charge is 0.497 e. The summed E-state index contributed by atoms with van der Waals surface area (Å²) < 4.78 is 12.3. The highest BCUT2D eigenvalue weighted by molar-refractivity contribution is 6.04. The lowest BCUT2D eigenvalue weighted by Crippen LogP contribution is -2.12. The predicted molar refractivity (Wildman–Crippen MR) is 113 cm³/mol. The van der Waals surface area contributed by atoms with Crippen LogP contribution in [0.15, 0.2) is 66.9 Å². The summed E-state index contributed by atoms with van der Waals surface area (Å²) in [5.74, 6) is 1.34. The Bertz CT molecular complexity index is 1160.